The lowest BCUT2D eigenvalue weighted by atomic mass is 10.1. The van der Waals surface area contributed by atoms with E-state index in [1.807, 2.05) is 114 Å². The quantitative estimate of drug-likeness (QED) is 0.113. The summed E-state index contributed by atoms with van der Waals surface area (Å²) in [5.41, 5.74) is 2.99. The van der Waals surface area contributed by atoms with Gasteiger partial charge in [0.25, 0.3) is 5.91 Å². The molecule has 0 unspecified atom stereocenters. The highest BCUT2D eigenvalue weighted by Gasteiger charge is 2.18. The molecule has 2 aromatic heterocycles. The zero-order valence-electron chi connectivity index (χ0n) is 25.7. The number of para-hydroxylation sites is 1. The van der Waals surface area contributed by atoms with Crippen molar-refractivity contribution in [1.82, 2.24) is 20.1 Å². The van der Waals surface area contributed by atoms with Crippen LogP contribution in [0.25, 0.3) is 17.1 Å². The first-order valence-electron chi connectivity index (χ1n) is 14.7. The number of fused-ring (bicyclic) bond motifs is 1. The molecule has 10 nitrogen and oxygen atoms in total. The van der Waals surface area contributed by atoms with Crippen molar-refractivity contribution in [3.8, 4) is 34.8 Å². The maximum Gasteiger partial charge on any atom is 0.261 e. The largest absolute Gasteiger partial charge is 0.497 e. The molecular weight excluding hydrogens is 592 g/mol. The van der Waals surface area contributed by atoms with Gasteiger partial charge in [0.1, 0.15) is 45.8 Å². The Hall–Kier alpha value is -6.60. The molecule has 0 saturated carbocycles. The van der Waals surface area contributed by atoms with Crippen LogP contribution in [0, 0.1) is 11.3 Å². The van der Waals surface area contributed by atoms with Crippen LogP contribution in [0.5, 0.6) is 28.7 Å². The van der Waals surface area contributed by atoms with Crippen LogP contribution in [0.2, 0.25) is 0 Å². The second-order valence-electron chi connectivity index (χ2n) is 10.4. The van der Waals surface area contributed by atoms with Gasteiger partial charge in [-0.3, -0.25) is 4.79 Å². The number of nitriles is 1. The van der Waals surface area contributed by atoms with Crippen molar-refractivity contribution < 1.29 is 19.0 Å². The number of methoxy groups -OCH3 is 1. The fourth-order valence-corrected chi connectivity index (χ4v) is 4.88. The van der Waals surface area contributed by atoms with E-state index < -0.39 is 5.91 Å². The third-order valence-electron chi connectivity index (χ3n) is 7.17. The molecule has 2 N–H and O–H groups in total. The summed E-state index contributed by atoms with van der Waals surface area (Å²) in [6.07, 6.45) is 3.22. The van der Waals surface area contributed by atoms with Gasteiger partial charge in [-0.1, -0.05) is 42.5 Å². The smallest absolute Gasteiger partial charge is 0.261 e. The Kier molecular flexibility index (Phi) is 9.07. The summed E-state index contributed by atoms with van der Waals surface area (Å²) in [4.78, 5) is 16.8. The Balaban J connectivity index is 1.35. The molecule has 0 aliphatic rings. The number of hydrogen-bond donors (Lipinski definition) is 2. The average Bonchev–Trinajstić information content (AvgIpc) is 3.45. The van der Waals surface area contributed by atoms with E-state index >= 15 is 0 Å². The maximum atomic E-state index is 12.1. The molecule has 6 aromatic rings. The molecule has 1 amide bonds. The van der Waals surface area contributed by atoms with Gasteiger partial charge < -0.3 is 24.8 Å². The number of anilines is 2. The first-order chi connectivity index (χ1) is 23.0. The molecule has 0 spiro atoms. The van der Waals surface area contributed by atoms with Crippen LogP contribution in [-0.4, -0.2) is 34.8 Å². The minimum absolute atomic E-state index is 0.000979. The van der Waals surface area contributed by atoms with Gasteiger partial charge in [0.15, 0.2) is 11.5 Å². The summed E-state index contributed by atoms with van der Waals surface area (Å²) in [5, 5.41) is 20.9. The highest BCUT2D eigenvalue weighted by molar-refractivity contribution is 6.01. The van der Waals surface area contributed by atoms with Crippen molar-refractivity contribution >= 4 is 34.5 Å². The first kappa shape index (κ1) is 30.4. The average molecular weight is 623 g/mol. The number of ether oxygens (including phenoxy) is 3. The van der Waals surface area contributed by atoms with Crippen LogP contribution in [0.4, 0.5) is 11.5 Å². The number of likely N-dealkylation sites (N-methyl/N-ethyl adjacent to an activating group) is 1. The van der Waals surface area contributed by atoms with Crippen LogP contribution >= 0.6 is 0 Å². The van der Waals surface area contributed by atoms with Gasteiger partial charge in [-0.05, 0) is 77.9 Å². The number of nitrogens with zero attached hydrogens (tertiary/aromatic N) is 4. The van der Waals surface area contributed by atoms with Gasteiger partial charge in [-0.2, -0.15) is 10.4 Å². The van der Waals surface area contributed by atoms with E-state index in [1.54, 1.807) is 19.4 Å². The molecule has 0 radical (unpaired) electrons. The number of hydrogen-bond acceptors (Lipinski definition) is 8. The van der Waals surface area contributed by atoms with Crippen LogP contribution in [-0.2, 0) is 11.3 Å². The lowest BCUT2D eigenvalue weighted by Crippen LogP contribution is -2.19. The van der Waals surface area contributed by atoms with E-state index in [0.717, 1.165) is 17.1 Å². The Labute approximate surface area is 271 Å². The second-order valence-corrected chi connectivity index (χ2v) is 10.4. The SMILES string of the molecule is CNC(=O)/C(C#N)=C/c1cccc(Nc2nn(Cc3ccc(OC)cc3)c3nccc(Oc4ccc(Oc5ccccc5)cc4)c23)c1. The number of pyridine rings is 1. The van der Waals surface area contributed by atoms with Crippen LogP contribution in [0.3, 0.4) is 0 Å². The summed E-state index contributed by atoms with van der Waals surface area (Å²) in [6.45, 7) is 0.449. The van der Waals surface area contributed by atoms with Crippen molar-refractivity contribution in [3.05, 3.63) is 132 Å². The second kappa shape index (κ2) is 14.0. The van der Waals surface area contributed by atoms with Crippen molar-refractivity contribution in [1.29, 1.82) is 5.26 Å². The van der Waals surface area contributed by atoms with Gasteiger partial charge in [0, 0.05) is 25.0 Å². The molecule has 0 saturated heterocycles. The molecule has 0 bridgehead atoms. The third kappa shape index (κ3) is 7.21. The summed E-state index contributed by atoms with van der Waals surface area (Å²) < 4.78 is 19.5. The number of amides is 1. The molecule has 232 valence electrons. The molecule has 6 rings (SSSR count). The number of carbonyl (C=O) groups excluding carboxylic acids is 1. The number of nitrogens with one attached hydrogen (secondary N) is 2. The zero-order chi connectivity index (χ0) is 32.6. The Morgan fingerprint density at radius 2 is 1.57 bits per heavy atom. The number of rotatable bonds is 11. The number of aromatic nitrogens is 3. The molecule has 0 fully saturated rings. The summed E-state index contributed by atoms with van der Waals surface area (Å²) in [5.74, 6) is 3.42. The molecule has 0 atom stereocenters. The van der Waals surface area contributed by atoms with Gasteiger partial charge in [0.2, 0.25) is 0 Å². The van der Waals surface area contributed by atoms with E-state index in [-0.39, 0.29) is 5.57 Å². The van der Waals surface area contributed by atoms with Gasteiger partial charge in [0.05, 0.1) is 13.7 Å². The van der Waals surface area contributed by atoms with E-state index in [0.29, 0.717) is 51.9 Å². The Bertz CT molecular complexity index is 2080. The van der Waals surface area contributed by atoms with E-state index in [4.69, 9.17) is 19.3 Å². The minimum Gasteiger partial charge on any atom is -0.497 e. The molecule has 2 heterocycles. The van der Waals surface area contributed by atoms with Crippen LogP contribution in [0.1, 0.15) is 11.1 Å². The summed E-state index contributed by atoms with van der Waals surface area (Å²) >= 11 is 0. The monoisotopic (exact) mass is 622 g/mol. The molecular formula is C37H30N6O4. The van der Waals surface area contributed by atoms with E-state index in [2.05, 4.69) is 15.6 Å². The fraction of sp³-hybridized carbons (Fsp3) is 0.0811. The van der Waals surface area contributed by atoms with Gasteiger partial charge in [-0.25, -0.2) is 9.67 Å². The Morgan fingerprint density at radius 3 is 2.28 bits per heavy atom. The molecule has 0 aliphatic carbocycles. The highest BCUT2D eigenvalue weighted by Crippen LogP contribution is 2.36. The normalized spacial score (nSPS) is 11.0. The van der Waals surface area contributed by atoms with Crippen LogP contribution in [0.15, 0.2) is 121 Å². The van der Waals surface area contributed by atoms with Crippen molar-refractivity contribution in [2.24, 2.45) is 0 Å². The summed E-state index contributed by atoms with van der Waals surface area (Å²) in [6, 6.07) is 35.8. The third-order valence-corrected chi connectivity index (χ3v) is 7.17. The van der Waals surface area contributed by atoms with Crippen molar-refractivity contribution in [3.63, 3.8) is 0 Å². The fourth-order valence-electron chi connectivity index (χ4n) is 4.88. The molecule has 47 heavy (non-hydrogen) atoms. The lowest BCUT2D eigenvalue weighted by molar-refractivity contribution is -0.116. The molecule has 10 heteroatoms. The standard InChI is InChI=1S/C37H30N6O4/c1-39-37(44)27(23-38)21-26-7-6-8-28(22-26)41-35-34-33(47-32-17-15-31(16-18-32)46-30-9-4-3-5-10-30)19-20-40-36(34)43(42-35)24-25-11-13-29(45-2)14-12-25/h3-22H,24H2,1-2H3,(H,39,44)(H,41,42)/b27-21+. The molecule has 4 aromatic carbocycles. The maximum absolute atomic E-state index is 12.1. The van der Waals surface area contributed by atoms with Gasteiger partial charge in [-0.15, -0.1) is 0 Å². The molecule has 0 aliphatic heterocycles. The van der Waals surface area contributed by atoms with Crippen molar-refractivity contribution in [2.45, 2.75) is 6.54 Å². The van der Waals surface area contributed by atoms with E-state index in [9.17, 15) is 10.1 Å². The predicted molar refractivity (Wildman–Crippen MR) is 180 cm³/mol. The highest BCUT2D eigenvalue weighted by atomic mass is 16.5. The van der Waals surface area contributed by atoms with Crippen LogP contribution < -0.4 is 24.8 Å². The van der Waals surface area contributed by atoms with Gasteiger partial charge >= 0.3 is 0 Å². The topological polar surface area (TPSA) is 123 Å². The summed E-state index contributed by atoms with van der Waals surface area (Å²) in [7, 11) is 3.12. The Morgan fingerprint density at radius 1 is 0.872 bits per heavy atom. The van der Waals surface area contributed by atoms with E-state index in [1.165, 1.54) is 13.1 Å². The zero-order valence-corrected chi connectivity index (χ0v) is 25.7. The minimum atomic E-state index is -0.457. The predicted octanol–water partition coefficient (Wildman–Crippen LogP) is 7.47. The number of carbonyl (C=O) groups is 1. The first-order valence-corrected chi connectivity index (χ1v) is 14.7. The van der Waals surface area contributed by atoms with Crippen molar-refractivity contribution in [2.75, 3.05) is 19.5 Å². The lowest BCUT2D eigenvalue weighted by Gasteiger charge is -2.10. The number of benzene rings is 4.